The summed E-state index contributed by atoms with van der Waals surface area (Å²) in [6.07, 6.45) is 2.21. The van der Waals surface area contributed by atoms with Gasteiger partial charge < -0.3 is 15.2 Å². The Morgan fingerprint density at radius 2 is 1.85 bits per heavy atom. The Morgan fingerprint density at radius 1 is 1.23 bits per heavy atom. The molecule has 2 aliphatic heterocycles. The lowest BCUT2D eigenvalue weighted by Gasteiger charge is -2.43. The Hall–Kier alpha value is -0.120. The summed E-state index contributed by atoms with van der Waals surface area (Å²) in [6, 6.07) is 0.156. The van der Waals surface area contributed by atoms with Gasteiger partial charge in [-0.15, -0.1) is 0 Å². The van der Waals surface area contributed by atoms with Crippen LogP contribution in [0.3, 0.4) is 0 Å². The van der Waals surface area contributed by atoms with Crippen LogP contribution in [0.1, 0.15) is 26.7 Å². The van der Waals surface area contributed by atoms with Gasteiger partial charge in [0.15, 0.2) is 0 Å². The molecular formula is C10H19NO2. The molecule has 3 heteroatoms. The second kappa shape index (κ2) is 2.94. The lowest BCUT2D eigenvalue weighted by Crippen LogP contribution is -2.62. The Morgan fingerprint density at radius 3 is 2.08 bits per heavy atom. The van der Waals surface area contributed by atoms with Crippen LogP contribution in [0.4, 0.5) is 0 Å². The number of ether oxygens (including phenoxy) is 2. The first kappa shape index (κ1) is 9.44. The van der Waals surface area contributed by atoms with Gasteiger partial charge >= 0.3 is 0 Å². The van der Waals surface area contributed by atoms with Gasteiger partial charge in [0, 0.05) is 11.5 Å². The highest BCUT2D eigenvalue weighted by atomic mass is 16.6. The minimum absolute atomic E-state index is 0.133. The Bertz CT molecular complexity index is 197. The van der Waals surface area contributed by atoms with Crippen molar-refractivity contribution < 1.29 is 9.47 Å². The second-order valence-corrected chi connectivity index (χ2v) is 4.39. The summed E-state index contributed by atoms with van der Waals surface area (Å²) in [6.45, 7) is 6.59. The molecule has 13 heavy (non-hydrogen) atoms. The SMILES string of the molecule is CCC1(CC)COC2(COC2)[C@H]1N. The zero-order valence-electron chi connectivity index (χ0n) is 8.51. The number of nitrogens with two attached hydrogens (primary N) is 1. The lowest BCUT2D eigenvalue weighted by molar-refractivity contribution is -0.189. The van der Waals surface area contributed by atoms with Crippen molar-refractivity contribution in [2.75, 3.05) is 19.8 Å². The predicted molar refractivity (Wildman–Crippen MR) is 50.5 cm³/mol. The largest absolute Gasteiger partial charge is 0.375 e. The van der Waals surface area contributed by atoms with E-state index in [1.807, 2.05) is 0 Å². The standard InChI is InChI=1S/C10H19NO2/c1-3-9(4-2)5-13-10(8(9)11)6-12-7-10/h8H,3-7,11H2,1-2H3/t8-/m0/s1. The number of hydrogen-bond acceptors (Lipinski definition) is 3. The van der Waals surface area contributed by atoms with Crippen molar-refractivity contribution in [1.82, 2.24) is 0 Å². The molecule has 0 amide bonds. The third-order valence-corrected chi connectivity index (χ3v) is 3.97. The molecule has 2 fully saturated rings. The first-order chi connectivity index (χ1) is 6.19. The molecule has 0 bridgehead atoms. The van der Waals surface area contributed by atoms with E-state index >= 15 is 0 Å². The Kier molecular flexibility index (Phi) is 2.13. The van der Waals surface area contributed by atoms with Gasteiger partial charge in [0.25, 0.3) is 0 Å². The fourth-order valence-corrected chi connectivity index (χ4v) is 2.49. The van der Waals surface area contributed by atoms with Crippen molar-refractivity contribution in [3.8, 4) is 0 Å². The molecule has 1 atom stereocenters. The molecule has 0 aromatic carbocycles. The molecule has 0 aromatic heterocycles. The van der Waals surface area contributed by atoms with Crippen LogP contribution >= 0.6 is 0 Å². The normalized spacial score (nSPS) is 34.8. The summed E-state index contributed by atoms with van der Waals surface area (Å²) < 4.78 is 11.0. The molecule has 2 N–H and O–H groups in total. The minimum Gasteiger partial charge on any atom is -0.375 e. The third kappa shape index (κ3) is 1.07. The van der Waals surface area contributed by atoms with Gasteiger partial charge in [-0.25, -0.2) is 0 Å². The molecule has 76 valence electrons. The molecule has 2 heterocycles. The van der Waals surface area contributed by atoms with Crippen molar-refractivity contribution in [2.24, 2.45) is 11.1 Å². The maximum Gasteiger partial charge on any atom is 0.130 e. The summed E-state index contributed by atoms with van der Waals surface area (Å²) >= 11 is 0. The molecule has 2 rings (SSSR count). The maximum atomic E-state index is 6.27. The van der Waals surface area contributed by atoms with E-state index < -0.39 is 0 Å². The molecular weight excluding hydrogens is 166 g/mol. The minimum atomic E-state index is -0.133. The monoisotopic (exact) mass is 185 g/mol. The Balaban J connectivity index is 2.17. The first-order valence-corrected chi connectivity index (χ1v) is 5.16. The van der Waals surface area contributed by atoms with Crippen LogP contribution in [0.15, 0.2) is 0 Å². The van der Waals surface area contributed by atoms with Crippen LogP contribution < -0.4 is 5.73 Å². The van der Waals surface area contributed by atoms with E-state index in [0.717, 1.165) is 19.4 Å². The van der Waals surface area contributed by atoms with E-state index in [1.54, 1.807) is 0 Å². The average Bonchev–Trinajstić information content (AvgIpc) is 2.39. The third-order valence-electron chi connectivity index (χ3n) is 3.97. The van der Waals surface area contributed by atoms with Gasteiger partial charge in [-0.05, 0) is 12.8 Å². The van der Waals surface area contributed by atoms with Crippen molar-refractivity contribution in [1.29, 1.82) is 0 Å². The van der Waals surface area contributed by atoms with Gasteiger partial charge in [0.2, 0.25) is 0 Å². The van der Waals surface area contributed by atoms with Gasteiger partial charge in [-0.2, -0.15) is 0 Å². The molecule has 0 aliphatic carbocycles. The van der Waals surface area contributed by atoms with Crippen LogP contribution in [0, 0.1) is 5.41 Å². The topological polar surface area (TPSA) is 44.5 Å². The molecule has 0 unspecified atom stereocenters. The summed E-state index contributed by atoms with van der Waals surface area (Å²) in [5.74, 6) is 0. The Labute approximate surface area is 79.6 Å². The zero-order chi connectivity index (χ0) is 9.53. The van der Waals surface area contributed by atoms with Crippen LogP contribution in [0.5, 0.6) is 0 Å². The predicted octanol–water partition coefficient (Wildman–Crippen LogP) is 0.919. The van der Waals surface area contributed by atoms with Crippen molar-refractivity contribution in [3.05, 3.63) is 0 Å². The van der Waals surface area contributed by atoms with E-state index in [2.05, 4.69) is 13.8 Å². The highest BCUT2D eigenvalue weighted by Gasteiger charge is 2.58. The highest BCUT2D eigenvalue weighted by molar-refractivity contribution is 5.10. The van der Waals surface area contributed by atoms with Gasteiger partial charge in [0.05, 0.1) is 19.8 Å². The van der Waals surface area contributed by atoms with Gasteiger partial charge in [-0.1, -0.05) is 13.8 Å². The molecule has 1 spiro atoms. The smallest absolute Gasteiger partial charge is 0.130 e. The lowest BCUT2D eigenvalue weighted by atomic mass is 9.72. The van der Waals surface area contributed by atoms with Crippen molar-refractivity contribution >= 4 is 0 Å². The molecule has 0 radical (unpaired) electrons. The molecule has 2 aliphatic rings. The van der Waals surface area contributed by atoms with E-state index in [1.165, 1.54) is 0 Å². The fourth-order valence-electron chi connectivity index (χ4n) is 2.49. The molecule has 0 saturated carbocycles. The molecule has 0 aromatic rings. The van der Waals surface area contributed by atoms with Crippen LogP contribution in [-0.4, -0.2) is 31.5 Å². The summed E-state index contributed by atoms with van der Waals surface area (Å²) in [5, 5.41) is 0. The fraction of sp³-hybridized carbons (Fsp3) is 1.00. The molecule has 2 saturated heterocycles. The van der Waals surface area contributed by atoms with Crippen LogP contribution in [0.25, 0.3) is 0 Å². The highest BCUT2D eigenvalue weighted by Crippen LogP contribution is 2.46. The number of rotatable bonds is 2. The van der Waals surface area contributed by atoms with Crippen molar-refractivity contribution in [2.45, 2.75) is 38.3 Å². The van der Waals surface area contributed by atoms with Crippen molar-refractivity contribution in [3.63, 3.8) is 0 Å². The quantitative estimate of drug-likeness (QED) is 0.695. The number of hydrogen-bond donors (Lipinski definition) is 1. The van der Waals surface area contributed by atoms with E-state index in [0.29, 0.717) is 13.2 Å². The maximum absolute atomic E-state index is 6.27. The van der Waals surface area contributed by atoms with Crippen LogP contribution in [-0.2, 0) is 9.47 Å². The van der Waals surface area contributed by atoms with E-state index in [4.69, 9.17) is 15.2 Å². The second-order valence-electron chi connectivity index (χ2n) is 4.39. The molecule has 3 nitrogen and oxygen atoms in total. The van der Waals surface area contributed by atoms with E-state index in [-0.39, 0.29) is 17.1 Å². The summed E-state index contributed by atoms with van der Waals surface area (Å²) in [5.41, 5.74) is 6.34. The van der Waals surface area contributed by atoms with Gasteiger partial charge in [-0.3, -0.25) is 0 Å². The summed E-state index contributed by atoms with van der Waals surface area (Å²) in [7, 11) is 0. The van der Waals surface area contributed by atoms with E-state index in [9.17, 15) is 0 Å². The van der Waals surface area contributed by atoms with Crippen LogP contribution in [0.2, 0.25) is 0 Å². The average molecular weight is 185 g/mol. The zero-order valence-corrected chi connectivity index (χ0v) is 8.51. The van der Waals surface area contributed by atoms with Gasteiger partial charge in [0.1, 0.15) is 5.60 Å². The first-order valence-electron chi connectivity index (χ1n) is 5.16. The summed E-state index contributed by atoms with van der Waals surface area (Å²) in [4.78, 5) is 0.